The molecule has 7 nitrogen and oxygen atoms in total. The van der Waals surface area contributed by atoms with E-state index in [2.05, 4.69) is 22.8 Å². The number of ether oxygens (including phenoxy) is 2. The van der Waals surface area contributed by atoms with Crippen LogP contribution in [0.3, 0.4) is 0 Å². The van der Waals surface area contributed by atoms with Gasteiger partial charge in [-0.15, -0.1) is 0 Å². The van der Waals surface area contributed by atoms with Crippen molar-refractivity contribution in [2.24, 2.45) is 0 Å². The molecule has 0 saturated heterocycles. The van der Waals surface area contributed by atoms with E-state index in [0.29, 0.717) is 19.3 Å². The fraction of sp³-hybridized carbons (Fsp3) is 0.320. The molecule has 1 aliphatic heterocycles. The van der Waals surface area contributed by atoms with E-state index >= 15 is 0 Å². The maximum atomic E-state index is 12.7. The highest BCUT2D eigenvalue weighted by Gasteiger charge is 2.31. The second kappa shape index (κ2) is 9.68. The first-order chi connectivity index (χ1) is 15.6. The van der Waals surface area contributed by atoms with E-state index in [1.165, 1.54) is 7.11 Å². The number of amides is 2. The van der Waals surface area contributed by atoms with E-state index in [4.69, 9.17) is 9.47 Å². The van der Waals surface area contributed by atoms with Crippen LogP contribution in [0.2, 0.25) is 0 Å². The molecule has 0 unspecified atom stereocenters. The van der Waals surface area contributed by atoms with Crippen molar-refractivity contribution in [1.29, 1.82) is 0 Å². The molecule has 7 heteroatoms. The van der Waals surface area contributed by atoms with Crippen LogP contribution >= 0.6 is 0 Å². The van der Waals surface area contributed by atoms with Gasteiger partial charge in [0.1, 0.15) is 18.7 Å². The first-order valence-electron chi connectivity index (χ1n) is 10.7. The highest BCUT2D eigenvalue weighted by atomic mass is 16.5. The zero-order valence-corrected chi connectivity index (χ0v) is 17.9. The molecule has 2 N–H and O–H groups in total. The Balaban J connectivity index is 1.41. The van der Waals surface area contributed by atoms with Crippen LogP contribution in [-0.4, -0.2) is 43.8 Å². The largest absolute Gasteiger partial charge is 0.467 e. The monoisotopic (exact) mass is 434 g/mol. The number of allylic oxidation sites excluding steroid dienone is 1. The lowest BCUT2D eigenvalue weighted by Gasteiger charge is -2.21. The summed E-state index contributed by atoms with van der Waals surface area (Å²) in [6.07, 6.45) is 4.40. The van der Waals surface area contributed by atoms with E-state index in [9.17, 15) is 14.4 Å². The molecule has 2 aromatic carbocycles. The summed E-state index contributed by atoms with van der Waals surface area (Å²) in [5.41, 5.74) is 4.53. The van der Waals surface area contributed by atoms with Crippen molar-refractivity contribution in [1.82, 2.24) is 10.6 Å². The SMILES string of the molecule is COC(=O)[C@@H]1C/C=C/CC[C@H](NC(=O)OCC2c3ccccc3-c3ccccc32)C(=O)N1. The fourth-order valence-electron chi connectivity index (χ4n) is 4.29. The van der Waals surface area contributed by atoms with Gasteiger partial charge < -0.3 is 20.1 Å². The molecule has 2 atom stereocenters. The number of nitrogens with one attached hydrogen (secondary N) is 2. The molecule has 0 aromatic heterocycles. The summed E-state index contributed by atoms with van der Waals surface area (Å²) in [4.78, 5) is 37.1. The molecule has 0 spiro atoms. The number of alkyl carbamates (subject to hydrolysis) is 1. The number of carbonyl (C=O) groups excluding carboxylic acids is 3. The summed E-state index contributed by atoms with van der Waals surface area (Å²) in [7, 11) is 1.28. The molecule has 2 aliphatic rings. The number of methoxy groups -OCH3 is 1. The third kappa shape index (κ3) is 4.51. The summed E-state index contributed by atoms with van der Waals surface area (Å²) < 4.78 is 10.3. The molecule has 0 saturated carbocycles. The second-order valence-corrected chi connectivity index (χ2v) is 7.89. The van der Waals surface area contributed by atoms with Crippen LogP contribution in [-0.2, 0) is 19.1 Å². The van der Waals surface area contributed by atoms with E-state index in [1.807, 2.05) is 48.6 Å². The summed E-state index contributed by atoms with van der Waals surface area (Å²) in [6.45, 7) is 0.166. The quantitative estimate of drug-likeness (QED) is 0.569. The number of hydrogen-bond donors (Lipinski definition) is 2. The maximum absolute atomic E-state index is 12.7. The fourth-order valence-corrected chi connectivity index (χ4v) is 4.29. The average Bonchev–Trinajstić information content (AvgIpc) is 3.17. The number of hydrogen-bond acceptors (Lipinski definition) is 5. The van der Waals surface area contributed by atoms with E-state index in [-0.39, 0.29) is 12.5 Å². The third-order valence-electron chi connectivity index (χ3n) is 5.91. The highest BCUT2D eigenvalue weighted by Crippen LogP contribution is 2.44. The van der Waals surface area contributed by atoms with Gasteiger partial charge >= 0.3 is 12.1 Å². The Morgan fingerprint density at radius 2 is 1.69 bits per heavy atom. The molecular weight excluding hydrogens is 408 g/mol. The van der Waals surface area contributed by atoms with E-state index < -0.39 is 30.1 Å². The number of rotatable bonds is 4. The summed E-state index contributed by atoms with van der Waals surface area (Å²) in [5.74, 6) is -1.02. The van der Waals surface area contributed by atoms with Gasteiger partial charge in [-0.25, -0.2) is 9.59 Å². The van der Waals surface area contributed by atoms with Crippen LogP contribution in [0.25, 0.3) is 11.1 Å². The molecule has 2 amide bonds. The van der Waals surface area contributed by atoms with Crippen molar-refractivity contribution < 1.29 is 23.9 Å². The Morgan fingerprint density at radius 1 is 1.03 bits per heavy atom. The standard InChI is InChI=1S/C25H26N2O5/c1-31-24(29)22-14-4-2-3-13-21(23(28)26-22)27-25(30)32-15-20-18-11-7-5-9-16(18)17-10-6-8-12-19(17)20/h2,4-12,20-22H,3,13-15H2,1H3,(H,26,28)(H,27,30)/b4-2+/t21-,22-/m0/s1. The van der Waals surface area contributed by atoms with E-state index in [1.54, 1.807) is 0 Å². The molecule has 0 radical (unpaired) electrons. The lowest BCUT2D eigenvalue weighted by molar-refractivity contribution is -0.145. The van der Waals surface area contributed by atoms with Crippen molar-refractivity contribution in [2.75, 3.05) is 13.7 Å². The number of benzene rings is 2. The highest BCUT2D eigenvalue weighted by molar-refractivity contribution is 5.89. The van der Waals surface area contributed by atoms with Gasteiger partial charge in [0.2, 0.25) is 5.91 Å². The number of carbonyl (C=O) groups is 3. The molecule has 1 heterocycles. The van der Waals surface area contributed by atoms with E-state index in [0.717, 1.165) is 22.3 Å². The molecule has 0 fully saturated rings. The van der Waals surface area contributed by atoms with Crippen LogP contribution in [0.15, 0.2) is 60.7 Å². The van der Waals surface area contributed by atoms with Gasteiger partial charge in [-0.2, -0.15) is 0 Å². The Hall–Kier alpha value is -3.61. The molecule has 32 heavy (non-hydrogen) atoms. The average molecular weight is 434 g/mol. The molecule has 0 bridgehead atoms. The minimum Gasteiger partial charge on any atom is -0.467 e. The Labute approximate surface area is 186 Å². The van der Waals surface area contributed by atoms with Gasteiger partial charge in [0, 0.05) is 5.92 Å². The van der Waals surface area contributed by atoms with Gasteiger partial charge in [-0.1, -0.05) is 60.7 Å². The van der Waals surface area contributed by atoms with Crippen LogP contribution in [0.5, 0.6) is 0 Å². The van der Waals surface area contributed by atoms with Crippen molar-refractivity contribution >= 4 is 18.0 Å². The smallest absolute Gasteiger partial charge is 0.407 e. The number of esters is 1. The summed E-state index contributed by atoms with van der Waals surface area (Å²) >= 11 is 0. The Bertz CT molecular complexity index is 1000. The predicted molar refractivity (Wildman–Crippen MR) is 119 cm³/mol. The van der Waals surface area contributed by atoms with Crippen LogP contribution in [0, 0.1) is 0 Å². The van der Waals surface area contributed by atoms with Gasteiger partial charge in [0.15, 0.2) is 0 Å². The number of fused-ring (bicyclic) bond motifs is 3. The zero-order chi connectivity index (χ0) is 22.5. The van der Waals surface area contributed by atoms with Crippen LogP contribution in [0.1, 0.15) is 36.3 Å². The lowest BCUT2D eigenvalue weighted by Crippen LogP contribution is -2.51. The molecule has 2 aromatic rings. The predicted octanol–water partition coefficient (Wildman–Crippen LogP) is 3.29. The maximum Gasteiger partial charge on any atom is 0.407 e. The minimum absolute atomic E-state index is 0.0610. The summed E-state index contributed by atoms with van der Waals surface area (Å²) in [5, 5.41) is 5.31. The van der Waals surface area contributed by atoms with Crippen molar-refractivity contribution in [3.8, 4) is 11.1 Å². The van der Waals surface area contributed by atoms with Gasteiger partial charge in [0.05, 0.1) is 7.11 Å². The Kier molecular flexibility index (Phi) is 6.54. The normalized spacial score (nSPS) is 21.1. The van der Waals surface area contributed by atoms with Crippen molar-refractivity contribution in [3.63, 3.8) is 0 Å². The van der Waals surface area contributed by atoms with Crippen LogP contribution in [0.4, 0.5) is 4.79 Å². The van der Waals surface area contributed by atoms with Gasteiger partial charge in [0.25, 0.3) is 0 Å². The van der Waals surface area contributed by atoms with Crippen LogP contribution < -0.4 is 10.6 Å². The lowest BCUT2D eigenvalue weighted by atomic mass is 9.98. The van der Waals surface area contributed by atoms with Crippen molar-refractivity contribution in [3.05, 3.63) is 71.8 Å². The van der Waals surface area contributed by atoms with Gasteiger partial charge in [-0.05, 0) is 41.5 Å². The molecule has 1 aliphatic carbocycles. The molecular formula is C25H26N2O5. The minimum atomic E-state index is -0.805. The molecule has 166 valence electrons. The Morgan fingerprint density at radius 3 is 2.34 bits per heavy atom. The first kappa shape index (κ1) is 21.6. The summed E-state index contributed by atoms with van der Waals surface area (Å²) in [6, 6.07) is 14.6. The first-order valence-corrected chi connectivity index (χ1v) is 10.7. The third-order valence-corrected chi connectivity index (χ3v) is 5.91. The zero-order valence-electron chi connectivity index (χ0n) is 17.9. The van der Waals surface area contributed by atoms with Gasteiger partial charge in [-0.3, -0.25) is 4.79 Å². The van der Waals surface area contributed by atoms with Crippen molar-refractivity contribution in [2.45, 2.75) is 37.3 Å². The second-order valence-electron chi connectivity index (χ2n) is 7.89. The molecule has 4 rings (SSSR count). The topological polar surface area (TPSA) is 93.7 Å².